The molecule has 3 aromatic carbocycles. The number of hydrogen-bond donors (Lipinski definition) is 2. The molecule has 2 N–H and O–H groups in total. The highest BCUT2D eigenvalue weighted by molar-refractivity contribution is 5.67. The summed E-state index contributed by atoms with van der Waals surface area (Å²) < 4.78 is 11.1. The van der Waals surface area contributed by atoms with E-state index in [-0.39, 0.29) is 18.3 Å². The normalized spacial score (nSPS) is 12.6. The fourth-order valence-corrected chi connectivity index (χ4v) is 3.37. The van der Waals surface area contributed by atoms with Crippen LogP contribution in [0.4, 0.5) is 16.2 Å². The Bertz CT molecular complexity index is 1090. The van der Waals surface area contributed by atoms with E-state index in [4.69, 9.17) is 9.47 Å². The number of carbonyl (C=O) groups excluding carboxylic acids is 1. The molecule has 8 nitrogen and oxygen atoms in total. The van der Waals surface area contributed by atoms with Crippen molar-refractivity contribution in [3.8, 4) is 0 Å². The number of nitrogens with zero attached hydrogens (tertiary/aromatic N) is 1. The van der Waals surface area contributed by atoms with E-state index in [9.17, 15) is 14.9 Å². The SMILES string of the molecule is CCOC(C[C@@H](/C=C/c1ccccc1)Nc1ccc([N+](=O)[O-])cc1)NC(=O)OCc1ccccc1. The number of hydrogen-bond acceptors (Lipinski definition) is 6. The van der Waals surface area contributed by atoms with Crippen LogP contribution in [0.2, 0.25) is 0 Å². The molecular weight excluding hydrogens is 446 g/mol. The van der Waals surface area contributed by atoms with Gasteiger partial charge in [0, 0.05) is 36.9 Å². The summed E-state index contributed by atoms with van der Waals surface area (Å²) in [7, 11) is 0. The average Bonchev–Trinajstić information content (AvgIpc) is 2.88. The number of ether oxygens (including phenoxy) is 2. The number of benzene rings is 3. The first-order valence-corrected chi connectivity index (χ1v) is 11.4. The van der Waals surface area contributed by atoms with Crippen molar-refractivity contribution in [2.75, 3.05) is 11.9 Å². The minimum atomic E-state index is -0.612. The summed E-state index contributed by atoms with van der Waals surface area (Å²) in [6.45, 7) is 2.41. The Balaban J connectivity index is 1.68. The van der Waals surface area contributed by atoms with E-state index in [2.05, 4.69) is 10.6 Å². The Morgan fingerprint density at radius 3 is 2.29 bits per heavy atom. The Morgan fingerprint density at radius 2 is 1.66 bits per heavy atom. The number of anilines is 1. The van der Waals surface area contributed by atoms with Crippen LogP contribution in [0.15, 0.2) is 91.0 Å². The van der Waals surface area contributed by atoms with Gasteiger partial charge in [-0.2, -0.15) is 0 Å². The Labute approximate surface area is 204 Å². The second-order valence-electron chi connectivity index (χ2n) is 7.71. The number of non-ortho nitro benzene ring substituents is 1. The van der Waals surface area contributed by atoms with Gasteiger partial charge >= 0.3 is 6.09 Å². The molecular formula is C27H29N3O5. The van der Waals surface area contributed by atoms with Gasteiger partial charge < -0.3 is 14.8 Å². The maximum absolute atomic E-state index is 12.4. The second-order valence-corrected chi connectivity index (χ2v) is 7.71. The van der Waals surface area contributed by atoms with Crippen LogP contribution < -0.4 is 10.6 Å². The lowest BCUT2D eigenvalue weighted by molar-refractivity contribution is -0.384. The summed E-state index contributed by atoms with van der Waals surface area (Å²) in [6.07, 6.45) is 3.15. The summed E-state index contributed by atoms with van der Waals surface area (Å²) in [4.78, 5) is 22.9. The predicted molar refractivity (Wildman–Crippen MR) is 136 cm³/mol. The average molecular weight is 476 g/mol. The highest BCUT2D eigenvalue weighted by Crippen LogP contribution is 2.18. The molecule has 3 aromatic rings. The van der Waals surface area contributed by atoms with Crippen molar-refractivity contribution in [3.63, 3.8) is 0 Å². The number of rotatable bonds is 12. The van der Waals surface area contributed by atoms with E-state index in [0.717, 1.165) is 11.1 Å². The molecule has 1 unspecified atom stereocenters. The van der Waals surface area contributed by atoms with Gasteiger partial charge in [-0.3, -0.25) is 15.4 Å². The third kappa shape index (κ3) is 8.94. The van der Waals surface area contributed by atoms with Crippen molar-refractivity contribution in [3.05, 3.63) is 112 Å². The number of amides is 1. The minimum Gasteiger partial charge on any atom is -0.445 e. The van der Waals surface area contributed by atoms with Gasteiger partial charge in [0.05, 0.1) is 4.92 Å². The molecule has 3 rings (SSSR count). The van der Waals surface area contributed by atoms with Crippen LogP contribution >= 0.6 is 0 Å². The van der Waals surface area contributed by atoms with Gasteiger partial charge in [0.25, 0.3) is 5.69 Å². The molecule has 182 valence electrons. The smallest absolute Gasteiger partial charge is 0.409 e. The first-order valence-electron chi connectivity index (χ1n) is 11.4. The van der Waals surface area contributed by atoms with Crippen LogP contribution in [-0.2, 0) is 16.1 Å². The standard InChI is InChI=1S/C27H29N3O5/c1-2-34-26(29-27(31)35-20-22-11-7-4-8-12-22)19-24(14-13-21-9-5-3-6-10-21)28-23-15-17-25(18-16-23)30(32)33/h3-18,24,26,28H,2,19-20H2,1H3,(H,29,31)/b14-13+/t24-,26?/m1/s1. The van der Waals surface area contributed by atoms with Gasteiger partial charge in [0.2, 0.25) is 0 Å². The van der Waals surface area contributed by atoms with Crippen LogP contribution in [0.3, 0.4) is 0 Å². The van der Waals surface area contributed by atoms with Crippen molar-refractivity contribution in [2.24, 2.45) is 0 Å². The van der Waals surface area contributed by atoms with Crippen molar-refractivity contribution in [1.29, 1.82) is 0 Å². The van der Waals surface area contributed by atoms with Crippen molar-refractivity contribution in [2.45, 2.75) is 32.2 Å². The number of nitrogens with one attached hydrogen (secondary N) is 2. The van der Waals surface area contributed by atoms with Gasteiger partial charge in [-0.05, 0) is 30.2 Å². The van der Waals surface area contributed by atoms with Gasteiger partial charge in [-0.15, -0.1) is 0 Å². The summed E-state index contributed by atoms with van der Waals surface area (Å²) in [5.41, 5.74) is 2.63. The third-order valence-electron chi connectivity index (χ3n) is 5.08. The number of nitro groups is 1. The minimum absolute atomic E-state index is 0.0157. The zero-order valence-corrected chi connectivity index (χ0v) is 19.5. The fraction of sp³-hybridized carbons (Fsp3) is 0.222. The van der Waals surface area contributed by atoms with Crippen molar-refractivity contribution in [1.82, 2.24) is 5.32 Å². The number of carbonyl (C=O) groups is 1. The molecule has 0 aliphatic rings. The largest absolute Gasteiger partial charge is 0.445 e. The monoisotopic (exact) mass is 475 g/mol. The van der Waals surface area contributed by atoms with E-state index in [1.165, 1.54) is 12.1 Å². The summed E-state index contributed by atoms with van der Waals surface area (Å²) in [5.74, 6) is 0. The van der Waals surface area contributed by atoms with E-state index in [1.54, 1.807) is 12.1 Å². The van der Waals surface area contributed by atoms with Crippen LogP contribution in [0, 0.1) is 10.1 Å². The highest BCUT2D eigenvalue weighted by Gasteiger charge is 2.18. The highest BCUT2D eigenvalue weighted by atomic mass is 16.6. The topological polar surface area (TPSA) is 103 Å². The van der Waals surface area contributed by atoms with Gasteiger partial charge in [0.1, 0.15) is 12.8 Å². The summed E-state index contributed by atoms with van der Waals surface area (Å²) >= 11 is 0. The Hall–Kier alpha value is -4.17. The van der Waals surface area contributed by atoms with Crippen molar-refractivity contribution < 1.29 is 19.2 Å². The quantitative estimate of drug-likeness (QED) is 0.196. The molecule has 0 aromatic heterocycles. The molecule has 2 atom stereocenters. The van der Waals surface area contributed by atoms with Crippen LogP contribution in [-0.4, -0.2) is 29.9 Å². The van der Waals surface area contributed by atoms with E-state index >= 15 is 0 Å². The first kappa shape index (κ1) is 25.5. The lowest BCUT2D eigenvalue weighted by atomic mass is 10.1. The van der Waals surface area contributed by atoms with Crippen LogP contribution in [0.1, 0.15) is 24.5 Å². The first-order chi connectivity index (χ1) is 17.0. The van der Waals surface area contributed by atoms with Gasteiger partial charge in [0.15, 0.2) is 0 Å². The molecule has 0 bridgehead atoms. The molecule has 8 heteroatoms. The molecule has 0 saturated carbocycles. The molecule has 0 spiro atoms. The number of alkyl carbamates (subject to hydrolysis) is 1. The van der Waals surface area contributed by atoms with Crippen molar-refractivity contribution >= 4 is 23.5 Å². The summed E-state index contributed by atoms with van der Waals surface area (Å²) in [6, 6.07) is 25.2. The van der Waals surface area contributed by atoms with Gasteiger partial charge in [-0.1, -0.05) is 72.8 Å². The molecule has 1 amide bonds. The lowest BCUT2D eigenvalue weighted by Gasteiger charge is -2.24. The molecule has 0 aliphatic heterocycles. The zero-order valence-electron chi connectivity index (χ0n) is 19.5. The molecule has 0 saturated heterocycles. The molecule has 0 radical (unpaired) electrons. The van der Waals surface area contributed by atoms with Crippen LogP contribution in [0.5, 0.6) is 0 Å². The molecule has 0 aliphatic carbocycles. The third-order valence-corrected chi connectivity index (χ3v) is 5.08. The number of nitro benzene ring substituents is 1. The fourth-order valence-electron chi connectivity index (χ4n) is 3.37. The predicted octanol–water partition coefficient (Wildman–Crippen LogP) is 5.77. The molecule has 35 heavy (non-hydrogen) atoms. The van der Waals surface area contributed by atoms with E-state index in [1.807, 2.05) is 79.7 Å². The zero-order chi connectivity index (χ0) is 24.9. The molecule has 0 fully saturated rings. The summed E-state index contributed by atoms with van der Waals surface area (Å²) in [5, 5.41) is 17.1. The second kappa shape index (κ2) is 13.5. The molecule has 0 heterocycles. The Kier molecular flexibility index (Phi) is 9.83. The van der Waals surface area contributed by atoms with Crippen LogP contribution in [0.25, 0.3) is 6.08 Å². The van der Waals surface area contributed by atoms with Gasteiger partial charge in [-0.25, -0.2) is 4.79 Å². The lowest BCUT2D eigenvalue weighted by Crippen LogP contribution is -2.40. The maximum atomic E-state index is 12.4. The van der Waals surface area contributed by atoms with E-state index < -0.39 is 17.2 Å². The maximum Gasteiger partial charge on any atom is 0.409 e. The van der Waals surface area contributed by atoms with E-state index in [0.29, 0.717) is 18.7 Å². The Morgan fingerprint density at radius 1 is 1.00 bits per heavy atom.